The van der Waals surface area contributed by atoms with Crippen LogP contribution in [-0.2, 0) is 27.8 Å². The van der Waals surface area contributed by atoms with Crippen LogP contribution in [0.5, 0.6) is 0 Å². The minimum atomic E-state index is -4.04. The third kappa shape index (κ3) is 9.77. The van der Waals surface area contributed by atoms with Crippen LogP contribution in [0.2, 0.25) is 0 Å². The van der Waals surface area contributed by atoms with E-state index in [4.69, 9.17) is 5.21 Å². The van der Waals surface area contributed by atoms with Crippen LogP contribution in [0.25, 0.3) is 0 Å². The zero-order valence-electron chi connectivity index (χ0n) is 30.5. The quantitative estimate of drug-likeness (QED) is 0.0960. The van der Waals surface area contributed by atoms with Crippen LogP contribution < -0.4 is 5.32 Å². The molecule has 3 atom stereocenters. The Labute approximate surface area is 311 Å². The fraction of sp³-hybridized carbons (Fsp3) is 0.526. The number of nitrogens with one attached hydrogen (secondary N) is 1. The summed E-state index contributed by atoms with van der Waals surface area (Å²) in [5, 5.41) is 29.9. The topological polar surface area (TPSA) is 156 Å². The molecule has 5 rings (SSSR count). The molecule has 1 saturated heterocycles. The van der Waals surface area contributed by atoms with Gasteiger partial charge in [-0.1, -0.05) is 88.2 Å². The first-order valence-electron chi connectivity index (χ1n) is 18.2. The van der Waals surface area contributed by atoms with Crippen molar-refractivity contribution in [3.05, 3.63) is 81.8 Å². The highest BCUT2D eigenvalue weighted by molar-refractivity contribution is 7.89. The largest absolute Gasteiger partial charge is 0.411 e. The number of aliphatic hydroxyl groups is 1. The summed E-state index contributed by atoms with van der Waals surface area (Å²) in [6.07, 6.45) is 4.05. The molecule has 12 nitrogen and oxygen atoms in total. The second kappa shape index (κ2) is 17.8. The van der Waals surface area contributed by atoms with E-state index in [9.17, 15) is 23.1 Å². The maximum absolute atomic E-state index is 14.2. The van der Waals surface area contributed by atoms with Gasteiger partial charge in [0.2, 0.25) is 15.9 Å². The predicted molar refractivity (Wildman–Crippen MR) is 202 cm³/mol. The lowest BCUT2D eigenvalue weighted by atomic mass is 9.97. The van der Waals surface area contributed by atoms with Gasteiger partial charge in [-0.3, -0.25) is 4.79 Å². The van der Waals surface area contributed by atoms with E-state index in [0.29, 0.717) is 31.1 Å². The highest BCUT2D eigenvalue weighted by atomic mass is 32.2. The molecule has 1 saturated carbocycles. The van der Waals surface area contributed by atoms with Crippen LogP contribution in [-0.4, -0.2) is 100 Å². The standard InChI is InChI=1S/C38H52N6O6S2/c1-26(2)35(44-19-18-42(38(44)47)23-31-25-51-37(40-31)27(3)4)36(46)41-33(20-28-10-6-5-7-11-28)34(45)24-43(22-30-12-8-9-13-30)52(49,50)32-16-14-29(15-17-32)21-39-48/h5-7,10-11,14-17,21,25-27,30,33-35,45,48H,8-9,12-13,18-20,22-24H2,1-4H3,(H,41,46)/b39-21+/t33-,34+,35-/m0/s1. The maximum Gasteiger partial charge on any atom is 0.321 e. The fourth-order valence-corrected chi connectivity index (χ4v) is 9.48. The second-order valence-electron chi connectivity index (χ2n) is 14.6. The van der Waals surface area contributed by atoms with Crippen LogP contribution in [0.3, 0.4) is 0 Å². The van der Waals surface area contributed by atoms with Crippen LogP contribution in [0.4, 0.5) is 4.79 Å². The summed E-state index contributed by atoms with van der Waals surface area (Å²) in [7, 11) is -4.04. The Morgan fingerprint density at radius 3 is 2.38 bits per heavy atom. The summed E-state index contributed by atoms with van der Waals surface area (Å²) in [6.45, 7) is 9.17. The monoisotopic (exact) mass is 752 g/mol. The van der Waals surface area contributed by atoms with Gasteiger partial charge in [0.1, 0.15) is 6.04 Å². The number of amides is 3. The van der Waals surface area contributed by atoms with E-state index in [-0.39, 0.29) is 42.3 Å². The van der Waals surface area contributed by atoms with Crippen LogP contribution in [0, 0.1) is 11.8 Å². The Balaban J connectivity index is 1.37. The van der Waals surface area contributed by atoms with Crippen molar-refractivity contribution in [1.82, 2.24) is 24.4 Å². The lowest BCUT2D eigenvalue weighted by Gasteiger charge is -2.34. The zero-order valence-corrected chi connectivity index (χ0v) is 32.1. The zero-order chi connectivity index (χ0) is 37.4. The number of aliphatic hydroxyl groups excluding tert-OH is 1. The second-order valence-corrected chi connectivity index (χ2v) is 17.4. The van der Waals surface area contributed by atoms with E-state index in [2.05, 4.69) is 29.3 Å². The van der Waals surface area contributed by atoms with Crippen molar-refractivity contribution in [1.29, 1.82) is 0 Å². The molecule has 3 amide bonds. The van der Waals surface area contributed by atoms with Gasteiger partial charge in [0.05, 0.1) is 40.5 Å². The first-order valence-corrected chi connectivity index (χ1v) is 20.5. The molecular formula is C38H52N6O6S2. The molecule has 1 aromatic heterocycles. The Morgan fingerprint density at radius 2 is 1.77 bits per heavy atom. The average Bonchev–Trinajstić information content (AvgIpc) is 3.88. The van der Waals surface area contributed by atoms with Gasteiger partial charge in [-0.05, 0) is 54.4 Å². The average molecular weight is 753 g/mol. The molecule has 3 N–H and O–H groups in total. The van der Waals surface area contributed by atoms with Crippen molar-refractivity contribution >= 4 is 39.5 Å². The Kier molecular flexibility index (Phi) is 13.5. The van der Waals surface area contributed by atoms with E-state index < -0.39 is 34.1 Å². The molecule has 14 heteroatoms. The number of rotatable bonds is 17. The molecule has 2 aromatic carbocycles. The molecular weight excluding hydrogens is 701 g/mol. The lowest BCUT2D eigenvalue weighted by molar-refractivity contribution is -0.128. The molecule has 3 aromatic rings. The molecule has 2 fully saturated rings. The number of aromatic nitrogens is 1. The Bertz CT molecular complexity index is 1760. The minimum Gasteiger partial charge on any atom is -0.411 e. The minimum absolute atomic E-state index is 0.0616. The molecule has 0 bridgehead atoms. The van der Waals surface area contributed by atoms with Crippen LogP contribution in [0.15, 0.2) is 70.0 Å². The van der Waals surface area contributed by atoms with Crippen molar-refractivity contribution in [2.24, 2.45) is 17.0 Å². The number of carbonyl (C=O) groups is 2. The Hall–Kier alpha value is -3.85. The highest BCUT2D eigenvalue weighted by Crippen LogP contribution is 2.29. The normalized spacial score (nSPS) is 17.6. The SMILES string of the molecule is CC(C)c1nc(CN2CCN([C@H](C(=O)N[C@@H](Cc3ccccc3)[C@H](O)CN(CC3CCCC3)S(=O)(=O)c3ccc(/C=N/O)cc3)C(C)C)C2=O)cs1. The molecule has 0 radical (unpaired) electrons. The van der Waals surface area contributed by atoms with E-state index in [1.54, 1.807) is 33.3 Å². The number of oxime groups is 1. The Morgan fingerprint density at radius 1 is 1.08 bits per heavy atom. The van der Waals surface area contributed by atoms with Crippen molar-refractivity contribution in [2.45, 2.75) is 95.3 Å². The summed E-state index contributed by atoms with van der Waals surface area (Å²) in [5.41, 5.74) is 2.23. The third-order valence-corrected chi connectivity index (χ3v) is 13.0. The number of carbonyl (C=O) groups excluding carboxylic acids is 2. The summed E-state index contributed by atoms with van der Waals surface area (Å²) >= 11 is 1.58. The number of hydrogen-bond donors (Lipinski definition) is 3. The summed E-state index contributed by atoms with van der Waals surface area (Å²) in [4.78, 5) is 36.0. The first kappa shape index (κ1) is 39.4. The molecule has 2 aliphatic rings. The van der Waals surface area contributed by atoms with Crippen LogP contribution in [0.1, 0.15) is 81.1 Å². The number of urea groups is 1. The molecule has 52 heavy (non-hydrogen) atoms. The van der Waals surface area contributed by atoms with E-state index in [0.717, 1.165) is 41.9 Å². The number of nitrogens with zero attached hydrogens (tertiary/aromatic N) is 5. The van der Waals surface area contributed by atoms with Crippen LogP contribution >= 0.6 is 11.3 Å². The van der Waals surface area contributed by atoms with Gasteiger partial charge >= 0.3 is 6.03 Å². The molecule has 1 aliphatic heterocycles. The van der Waals surface area contributed by atoms with Gasteiger partial charge in [-0.25, -0.2) is 18.2 Å². The van der Waals surface area contributed by atoms with Crippen molar-refractivity contribution in [3.63, 3.8) is 0 Å². The van der Waals surface area contributed by atoms with Crippen molar-refractivity contribution in [3.8, 4) is 0 Å². The highest BCUT2D eigenvalue weighted by Gasteiger charge is 2.41. The number of hydrogen-bond acceptors (Lipinski definition) is 9. The van der Waals surface area contributed by atoms with Gasteiger partial charge in [0.25, 0.3) is 0 Å². The van der Waals surface area contributed by atoms with E-state index in [1.807, 2.05) is 49.6 Å². The van der Waals surface area contributed by atoms with E-state index in [1.165, 1.54) is 22.7 Å². The molecule has 282 valence electrons. The molecule has 0 spiro atoms. The maximum atomic E-state index is 14.2. The lowest BCUT2D eigenvalue weighted by Crippen LogP contribution is -2.57. The first-order chi connectivity index (χ1) is 24.9. The fourth-order valence-electron chi connectivity index (χ4n) is 7.11. The smallest absolute Gasteiger partial charge is 0.321 e. The summed E-state index contributed by atoms with van der Waals surface area (Å²) in [6, 6.07) is 13.6. The molecule has 0 unspecified atom stereocenters. The number of thiazole rings is 1. The molecule has 2 heterocycles. The van der Waals surface area contributed by atoms with Gasteiger partial charge in [0.15, 0.2) is 0 Å². The van der Waals surface area contributed by atoms with E-state index >= 15 is 0 Å². The summed E-state index contributed by atoms with van der Waals surface area (Å²) < 4.78 is 29.6. The van der Waals surface area contributed by atoms with Gasteiger partial charge < -0.3 is 25.4 Å². The number of benzene rings is 2. The van der Waals surface area contributed by atoms with Gasteiger partial charge in [-0.2, -0.15) is 4.31 Å². The predicted octanol–water partition coefficient (Wildman–Crippen LogP) is 5.31. The van der Waals surface area contributed by atoms with Gasteiger partial charge in [-0.15, -0.1) is 11.3 Å². The van der Waals surface area contributed by atoms with Gasteiger partial charge in [0, 0.05) is 37.5 Å². The molecule has 1 aliphatic carbocycles. The van der Waals surface area contributed by atoms with Crippen molar-refractivity contribution < 1.29 is 28.3 Å². The summed E-state index contributed by atoms with van der Waals surface area (Å²) in [5.74, 6) is -0.178. The third-order valence-electron chi connectivity index (χ3n) is 9.92. The number of sulfonamides is 1. The van der Waals surface area contributed by atoms with Crippen molar-refractivity contribution in [2.75, 3.05) is 26.2 Å².